The lowest BCUT2D eigenvalue weighted by atomic mass is 9.82. The van der Waals surface area contributed by atoms with Crippen molar-refractivity contribution in [2.45, 2.75) is 67.2 Å². The van der Waals surface area contributed by atoms with Crippen LogP contribution in [-0.2, 0) is 9.59 Å². The second-order valence-electron chi connectivity index (χ2n) is 16.6. The topological polar surface area (TPSA) is 122 Å². The first-order valence-corrected chi connectivity index (χ1v) is 21.3. The van der Waals surface area contributed by atoms with Crippen LogP contribution in [0.3, 0.4) is 0 Å². The van der Waals surface area contributed by atoms with Crippen LogP contribution in [0.2, 0.25) is 0 Å². The van der Waals surface area contributed by atoms with Gasteiger partial charge in [0, 0.05) is 29.7 Å². The predicted molar refractivity (Wildman–Crippen MR) is 259 cm³/mol. The SMILES string of the molecule is C=CCOc1c(C)cc(C(c2ccc(N3C(=O)C=CC3=O)cc2)c2cc(C)c(OCC=C)c(C)c2)cc1C.Cc1cc(C(c2ccc(N)cc2)c2cc(C)c(O)c(C)c2)cc(C)c1O. The van der Waals surface area contributed by atoms with E-state index in [1.807, 2.05) is 100 Å². The largest absolute Gasteiger partial charge is 0.507 e. The van der Waals surface area contributed by atoms with Gasteiger partial charge in [-0.05, 0) is 158 Å². The Bertz CT molecular complexity index is 2530. The number of carbonyl (C=O) groups is 2. The minimum absolute atomic E-state index is 0.00778. The molecule has 8 heteroatoms. The number of imide groups is 1. The summed E-state index contributed by atoms with van der Waals surface area (Å²) in [5.41, 5.74) is 21.3. The molecular weight excluding hydrogens is 797 g/mol. The van der Waals surface area contributed by atoms with Gasteiger partial charge in [0.15, 0.2) is 0 Å². The molecule has 0 bridgehead atoms. The van der Waals surface area contributed by atoms with Crippen molar-refractivity contribution in [2.75, 3.05) is 23.8 Å². The molecule has 0 saturated carbocycles. The van der Waals surface area contributed by atoms with Crippen molar-refractivity contribution in [2.24, 2.45) is 0 Å². The summed E-state index contributed by atoms with van der Waals surface area (Å²) < 4.78 is 11.9. The predicted octanol–water partition coefficient (Wildman–Crippen LogP) is 11.8. The molecule has 6 aromatic rings. The van der Waals surface area contributed by atoms with Crippen molar-refractivity contribution in [1.82, 2.24) is 0 Å². The molecule has 0 aromatic heterocycles. The minimum Gasteiger partial charge on any atom is -0.507 e. The van der Waals surface area contributed by atoms with Gasteiger partial charge in [0.05, 0.1) is 5.69 Å². The number of hydrogen-bond acceptors (Lipinski definition) is 7. The van der Waals surface area contributed by atoms with E-state index in [-0.39, 0.29) is 23.7 Å². The van der Waals surface area contributed by atoms with E-state index in [0.717, 1.165) is 95.1 Å². The van der Waals surface area contributed by atoms with Gasteiger partial charge in [0.2, 0.25) is 0 Å². The third-order valence-electron chi connectivity index (χ3n) is 11.6. The molecule has 328 valence electrons. The summed E-state index contributed by atoms with van der Waals surface area (Å²) in [7, 11) is 0. The monoisotopic (exact) mass is 854 g/mol. The molecular formula is C56H58N2O6. The maximum atomic E-state index is 12.2. The van der Waals surface area contributed by atoms with Crippen molar-refractivity contribution >= 4 is 23.2 Å². The van der Waals surface area contributed by atoms with Crippen molar-refractivity contribution in [3.05, 3.63) is 212 Å². The molecule has 0 aliphatic carbocycles. The van der Waals surface area contributed by atoms with Gasteiger partial charge in [0.25, 0.3) is 11.8 Å². The quantitative estimate of drug-likeness (QED) is 0.0457. The summed E-state index contributed by atoms with van der Waals surface area (Å²) in [4.78, 5) is 25.6. The first-order chi connectivity index (χ1) is 30.5. The normalized spacial score (nSPS) is 12.1. The van der Waals surface area contributed by atoms with E-state index in [4.69, 9.17) is 15.2 Å². The number of phenols is 2. The Labute approximate surface area is 377 Å². The lowest BCUT2D eigenvalue weighted by molar-refractivity contribution is -0.120. The second kappa shape index (κ2) is 19.8. The fourth-order valence-electron chi connectivity index (χ4n) is 8.67. The Morgan fingerprint density at radius 2 is 0.797 bits per heavy atom. The van der Waals surface area contributed by atoms with Crippen LogP contribution in [0.25, 0.3) is 0 Å². The summed E-state index contributed by atoms with van der Waals surface area (Å²) in [6, 6.07) is 32.3. The first kappa shape index (κ1) is 46.2. The summed E-state index contributed by atoms with van der Waals surface area (Å²) in [6.45, 7) is 24.3. The average Bonchev–Trinajstić information content (AvgIpc) is 3.59. The highest BCUT2D eigenvalue weighted by molar-refractivity contribution is 6.28. The number of carbonyl (C=O) groups excluding carboxylic acids is 2. The number of aromatic hydroxyl groups is 2. The molecule has 0 saturated heterocycles. The molecule has 8 nitrogen and oxygen atoms in total. The molecule has 6 aromatic carbocycles. The summed E-state index contributed by atoms with van der Waals surface area (Å²) in [6.07, 6.45) is 6.07. The molecule has 0 fully saturated rings. The van der Waals surface area contributed by atoms with E-state index in [0.29, 0.717) is 30.4 Å². The molecule has 2 amide bonds. The number of rotatable bonds is 13. The van der Waals surface area contributed by atoms with Crippen LogP contribution in [0.1, 0.15) is 89.7 Å². The van der Waals surface area contributed by atoms with Crippen LogP contribution in [0, 0.1) is 55.4 Å². The van der Waals surface area contributed by atoms with Gasteiger partial charge >= 0.3 is 0 Å². The summed E-state index contributed by atoms with van der Waals surface area (Å²) >= 11 is 0. The van der Waals surface area contributed by atoms with Crippen molar-refractivity contribution in [3.8, 4) is 23.0 Å². The van der Waals surface area contributed by atoms with Gasteiger partial charge in [0.1, 0.15) is 36.2 Å². The van der Waals surface area contributed by atoms with Crippen molar-refractivity contribution in [3.63, 3.8) is 0 Å². The van der Waals surface area contributed by atoms with E-state index >= 15 is 0 Å². The molecule has 64 heavy (non-hydrogen) atoms. The molecule has 1 aliphatic heterocycles. The van der Waals surface area contributed by atoms with Gasteiger partial charge in [-0.1, -0.05) is 98.1 Å². The Balaban J connectivity index is 0.000000228. The lowest BCUT2D eigenvalue weighted by Gasteiger charge is -2.24. The van der Waals surface area contributed by atoms with E-state index in [1.165, 1.54) is 17.1 Å². The van der Waals surface area contributed by atoms with Crippen molar-refractivity contribution < 1.29 is 29.3 Å². The number of hydrogen-bond donors (Lipinski definition) is 3. The number of nitrogens with two attached hydrogens (primary N) is 1. The van der Waals surface area contributed by atoms with E-state index < -0.39 is 0 Å². The van der Waals surface area contributed by atoms with Crippen LogP contribution < -0.4 is 20.1 Å². The van der Waals surface area contributed by atoms with Crippen LogP contribution in [-0.4, -0.2) is 35.2 Å². The minimum atomic E-state index is -0.331. The number of nitrogens with zero attached hydrogens (tertiary/aromatic N) is 1. The molecule has 1 aliphatic rings. The maximum Gasteiger partial charge on any atom is 0.258 e. The Morgan fingerprint density at radius 3 is 1.11 bits per heavy atom. The number of phenolic OH excluding ortho intramolecular Hbond substituents is 2. The fraction of sp³-hybridized carbons (Fsp3) is 0.214. The smallest absolute Gasteiger partial charge is 0.258 e. The number of aryl methyl sites for hydroxylation is 8. The standard InChI is InChI=1S/C33H33NO4.C23H25NO2/c1-7-15-37-32-21(3)17-26(18-22(32)4)31(27-19-23(5)33(24(6)20-27)38-16-8-2)25-9-11-28(12-10-25)34-29(35)13-14-30(34)36;1-13-9-18(10-14(2)22(13)25)21(17-5-7-20(24)8-6-17)19-11-15(3)23(26)16(4)12-19/h7-14,17-20,31H,1-2,15-16H2,3-6H3;5-12,21,25-26H,24H2,1-4H3. The highest BCUT2D eigenvalue weighted by atomic mass is 16.5. The van der Waals surface area contributed by atoms with Crippen LogP contribution >= 0.6 is 0 Å². The Kier molecular flexibility index (Phi) is 14.3. The van der Waals surface area contributed by atoms with Gasteiger partial charge < -0.3 is 25.4 Å². The zero-order valence-corrected chi connectivity index (χ0v) is 38.1. The highest BCUT2D eigenvalue weighted by Crippen LogP contribution is 2.41. The summed E-state index contributed by atoms with van der Waals surface area (Å²) in [5.74, 6) is 1.63. The third-order valence-corrected chi connectivity index (χ3v) is 11.6. The number of amides is 2. The Hall–Kier alpha value is -7.32. The van der Waals surface area contributed by atoms with Gasteiger partial charge in [-0.25, -0.2) is 4.90 Å². The Morgan fingerprint density at radius 1 is 0.500 bits per heavy atom. The number of nitrogen functional groups attached to an aromatic ring is 1. The van der Waals surface area contributed by atoms with E-state index in [9.17, 15) is 19.8 Å². The number of anilines is 2. The van der Waals surface area contributed by atoms with Crippen LogP contribution in [0.4, 0.5) is 11.4 Å². The van der Waals surface area contributed by atoms with E-state index in [1.54, 1.807) is 12.2 Å². The zero-order chi connectivity index (χ0) is 46.4. The molecule has 0 radical (unpaired) electrons. The molecule has 0 unspecified atom stereocenters. The van der Waals surface area contributed by atoms with E-state index in [2.05, 4.69) is 65.1 Å². The third kappa shape index (κ3) is 9.98. The molecule has 0 atom stereocenters. The average molecular weight is 855 g/mol. The lowest BCUT2D eigenvalue weighted by Crippen LogP contribution is -2.29. The van der Waals surface area contributed by atoms with Crippen molar-refractivity contribution in [1.29, 1.82) is 0 Å². The molecule has 1 heterocycles. The first-order valence-electron chi connectivity index (χ1n) is 21.3. The number of ether oxygens (including phenoxy) is 2. The highest BCUT2D eigenvalue weighted by Gasteiger charge is 2.27. The van der Waals surface area contributed by atoms with Gasteiger partial charge in [-0.15, -0.1) is 0 Å². The molecule has 7 rings (SSSR count). The molecule has 4 N–H and O–H groups in total. The van der Waals surface area contributed by atoms with Gasteiger partial charge in [-0.2, -0.15) is 0 Å². The maximum absolute atomic E-state index is 12.2. The molecule has 0 spiro atoms. The van der Waals surface area contributed by atoms with Gasteiger partial charge in [-0.3, -0.25) is 9.59 Å². The summed E-state index contributed by atoms with van der Waals surface area (Å²) in [5, 5.41) is 20.3. The zero-order valence-electron chi connectivity index (χ0n) is 38.1. The second-order valence-corrected chi connectivity index (χ2v) is 16.6. The fourth-order valence-corrected chi connectivity index (χ4v) is 8.67. The van der Waals surface area contributed by atoms with Crippen LogP contribution in [0.5, 0.6) is 23.0 Å². The van der Waals surface area contributed by atoms with Crippen LogP contribution in [0.15, 0.2) is 135 Å². The number of benzene rings is 6.